The lowest BCUT2D eigenvalue weighted by Crippen LogP contribution is -2.39. The maximum Gasteiger partial charge on any atom is 0.137 e. The van der Waals surface area contributed by atoms with Gasteiger partial charge in [0.05, 0.1) is 5.60 Å². The Kier molecular flexibility index (Phi) is 4.90. The van der Waals surface area contributed by atoms with Gasteiger partial charge in [-0.05, 0) is 27.2 Å². The molecule has 1 aromatic heterocycles. The van der Waals surface area contributed by atoms with E-state index in [2.05, 4.69) is 34.0 Å². The fourth-order valence-electron chi connectivity index (χ4n) is 2.02. The first-order valence-corrected chi connectivity index (χ1v) is 6.41. The van der Waals surface area contributed by atoms with Gasteiger partial charge in [-0.1, -0.05) is 6.92 Å². The largest absolute Gasteiger partial charge is 0.389 e. The van der Waals surface area contributed by atoms with Crippen LogP contribution in [0.3, 0.4) is 0 Å². The molecule has 0 unspecified atom stereocenters. The number of aliphatic hydroxyl groups is 1. The van der Waals surface area contributed by atoms with Crippen LogP contribution in [-0.2, 0) is 6.42 Å². The predicted octanol–water partition coefficient (Wildman–Crippen LogP) is 1.68. The van der Waals surface area contributed by atoms with Crippen LogP contribution in [0.15, 0.2) is 6.33 Å². The molecule has 1 aromatic rings. The summed E-state index contributed by atoms with van der Waals surface area (Å²) in [6.07, 6.45) is 2.42. The molecule has 0 radical (unpaired) electrons. The topological polar surface area (TPSA) is 61.3 Å². The van der Waals surface area contributed by atoms with Gasteiger partial charge in [0, 0.05) is 25.7 Å². The molecule has 5 heteroatoms. The molecule has 18 heavy (non-hydrogen) atoms. The van der Waals surface area contributed by atoms with E-state index in [1.807, 2.05) is 7.05 Å². The maximum absolute atomic E-state index is 9.97. The molecule has 0 aromatic carbocycles. The molecule has 0 saturated carbocycles. The highest BCUT2D eigenvalue weighted by atomic mass is 16.3. The van der Waals surface area contributed by atoms with E-state index in [0.29, 0.717) is 6.54 Å². The van der Waals surface area contributed by atoms with E-state index in [1.165, 1.54) is 0 Å². The normalized spacial score (nSPS) is 11.4. The zero-order valence-electron chi connectivity index (χ0n) is 12.0. The zero-order chi connectivity index (χ0) is 13.8. The van der Waals surface area contributed by atoms with Gasteiger partial charge >= 0.3 is 0 Å². The Morgan fingerprint density at radius 2 is 2.00 bits per heavy atom. The highest BCUT2D eigenvalue weighted by Gasteiger charge is 2.21. The molecule has 0 aliphatic heterocycles. The molecule has 0 aliphatic carbocycles. The van der Waals surface area contributed by atoms with Crippen molar-refractivity contribution in [1.82, 2.24) is 9.97 Å². The number of anilines is 2. The molecule has 0 spiro atoms. The SMILES string of the molecule is CCc1c(NC)ncnc1N(CC)CC(C)(C)O. The number of nitrogens with zero attached hydrogens (tertiary/aromatic N) is 3. The van der Waals surface area contributed by atoms with E-state index < -0.39 is 5.60 Å². The third-order valence-electron chi connectivity index (χ3n) is 2.77. The Morgan fingerprint density at radius 3 is 2.44 bits per heavy atom. The highest BCUT2D eigenvalue weighted by Crippen LogP contribution is 2.24. The van der Waals surface area contributed by atoms with Gasteiger partial charge in [-0.15, -0.1) is 0 Å². The number of hydrogen-bond acceptors (Lipinski definition) is 5. The molecule has 0 bridgehead atoms. The fourth-order valence-corrected chi connectivity index (χ4v) is 2.02. The van der Waals surface area contributed by atoms with E-state index in [4.69, 9.17) is 0 Å². The van der Waals surface area contributed by atoms with Crippen LogP contribution in [0.2, 0.25) is 0 Å². The maximum atomic E-state index is 9.97. The van der Waals surface area contributed by atoms with E-state index in [1.54, 1.807) is 20.2 Å². The van der Waals surface area contributed by atoms with Gasteiger partial charge in [-0.25, -0.2) is 9.97 Å². The molecule has 0 aliphatic rings. The van der Waals surface area contributed by atoms with Gasteiger partial charge in [0.1, 0.15) is 18.0 Å². The number of rotatable bonds is 6. The predicted molar refractivity (Wildman–Crippen MR) is 75.1 cm³/mol. The number of likely N-dealkylation sites (N-methyl/N-ethyl adjacent to an activating group) is 1. The summed E-state index contributed by atoms with van der Waals surface area (Å²) in [5, 5.41) is 13.1. The molecule has 102 valence electrons. The standard InChI is InChI=1S/C13H24N4O/c1-6-10-11(14-5)15-9-16-12(10)17(7-2)8-13(3,4)18/h9,18H,6-8H2,1-5H3,(H,14,15,16). The van der Waals surface area contributed by atoms with Crippen molar-refractivity contribution >= 4 is 11.6 Å². The van der Waals surface area contributed by atoms with Gasteiger partial charge in [0.25, 0.3) is 0 Å². The van der Waals surface area contributed by atoms with Crippen LogP contribution in [0.4, 0.5) is 11.6 Å². The second-order valence-electron chi connectivity index (χ2n) is 4.95. The monoisotopic (exact) mass is 252 g/mol. The van der Waals surface area contributed by atoms with Crippen LogP contribution in [0.25, 0.3) is 0 Å². The Bertz CT molecular complexity index is 387. The summed E-state index contributed by atoms with van der Waals surface area (Å²) in [5.41, 5.74) is 0.345. The summed E-state index contributed by atoms with van der Waals surface area (Å²) in [6.45, 7) is 9.12. The summed E-state index contributed by atoms with van der Waals surface area (Å²) in [7, 11) is 1.86. The third-order valence-corrected chi connectivity index (χ3v) is 2.77. The van der Waals surface area contributed by atoms with Crippen molar-refractivity contribution in [2.45, 2.75) is 39.7 Å². The van der Waals surface area contributed by atoms with Gasteiger partial charge in [0.15, 0.2) is 0 Å². The van der Waals surface area contributed by atoms with Crippen molar-refractivity contribution in [3.05, 3.63) is 11.9 Å². The van der Waals surface area contributed by atoms with Gasteiger partial charge in [-0.2, -0.15) is 0 Å². The van der Waals surface area contributed by atoms with E-state index in [9.17, 15) is 5.11 Å². The lowest BCUT2D eigenvalue weighted by atomic mass is 10.1. The Labute approximate surface area is 109 Å². The second kappa shape index (κ2) is 6.00. The van der Waals surface area contributed by atoms with Crippen LogP contribution >= 0.6 is 0 Å². The first-order chi connectivity index (χ1) is 8.42. The minimum atomic E-state index is -0.744. The molecular formula is C13H24N4O. The van der Waals surface area contributed by atoms with Crippen molar-refractivity contribution in [2.75, 3.05) is 30.4 Å². The Morgan fingerprint density at radius 1 is 1.33 bits per heavy atom. The number of nitrogens with one attached hydrogen (secondary N) is 1. The number of hydrogen-bond donors (Lipinski definition) is 2. The fraction of sp³-hybridized carbons (Fsp3) is 0.692. The average Bonchev–Trinajstić information content (AvgIpc) is 2.33. The van der Waals surface area contributed by atoms with Crippen molar-refractivity contribution < 1.29 is 5.11 Å². The van der Waals surface area contributed by atoms with Crippen LogP contribution in [-0.4, -0.2) is 40.8 Å². The van der Waals surface area contributed by atoms with E-state index >= 15 is 0 Å². The molecule has 5 nitrogen and oxygen atoms in total. The molecule has 1 rings (SSSR count). The molecule has 0 atom stereocenters. The van der Waals surface area contributed by atoms with Crippen molar-refractivity contribution in [3.63, 3.8) is 0 Å². The van der Waals surface area contributed by atoms with E-state index in [-0.39, 0.29) is 0 Å². The Hall–Kier alpha value is -1.36. The smallest absolute Gasteiger partial charge is 0.137 e. The zero-order valence-corrected chi connectivity index (χ0v) is 12.0. The van der Waals surface area contributed by atoms with Crippen LogP contribution in [0.1, 0.15) is 33.3 Å². The minimum Gasteiger partial charge on any atom is -0.389 e. The molecule has 0 fully saturated rings. The summed E-state index contributed by atoms with van der Waals surface area (Å²) in [6, 6.07) is 0. The summed E-state index contributed by atoms with van der Waals surface area (Å²) in [4.78, 5) is 10.7. The van der Waals surface area contributed by atoms with Crippen molar-refractivity contribution in [1.29, 1.82) is 0 Å². The molecule has 2 N–H and O–H groups in total. The quantitative estimate of drug-likeness (QED) is 0.806. The molecule has 0 saturated heterocycles. The summed E-state index contributed by atoms with van der Waals surface area (Å²) >= 11 is 0. The van der Waals surface area contributed by atoms with Crippen LogP contribution in [0.5, 0.6) is 0 Å². The minimum absolute atomic E-state index is 0.552. The van der Waals surface area contributed by atoms with Gasteiger partial charge in [-0.3, -0.25) is 0 Å². The highest BCUT2D eigenvalue weighted by molar-refractivity contribution is 5.58. The van der Waals surface area contributed by atoms with Gasteiger partial charge < -0.3 is 15.3 Å². The van der Waals surface area contributed by atoms with Crippen LogP contribution in [0, 0.1) is 0 Å². The van der Waals surface area contributed by atoms with Crippen LogP contribution < -0.4 is 10.2 Å². The van der Waals surface area contributed by atoms with Crippen molar-refractivity contribution in [2.24, 2.45) is 0 Å². The lowest BCUT2D eigenvalue weighted by molar-refractivity contribution is 0.0874. The summed E-state index contributed by atoms with van der Waals surface area (Å²) in [5.74, 6) is 1.76. The molecule has 0 amide bonds. The number of aromatic nitrogens is 2. The first-order valence-electron chi connectivity index (χ1n) is 6.41. The second-order valence-corrected chi connectivity index (χ2v) is 4.95. The Balaban J connectivity index is 3.12. The summed E-state index contributed by atoms with van der Waals surface area (Å²) < 4.78 is 0. The average molecular weight is 252 g/mol. The van der Waals surface area contributed by atoms with Crippen molar-refractivity contribution in [3.8, 4) is 0 Å². The third kappa shape index (κ3) is 3.57. The lowest BCUT2D eigenvalue weighted by Gasteiger charge is -2.30. The van der Waals surface area contributed by atoms with Gasteiger partial charge in [0.2, 0.25) is 0 Å². The molecular weight excluding hydrogens is 228 g/mol. The first kappa shape index (κ1) is 14.7. The van der Waals surface area contributed by atoms with E-state index in [0.717, 1.165) is 30.2 Å². The molecule has 1 heterocycles.